The van der Waals surface area contributed by atoms with E-state index in [0.717, 1.165) is 5.56 Å². The zero-order valence-corrected chi connectivity index (χ0v) is 11.9. The topological polar surface area (TPSA) is 43.4 Å². The molecule has 2 unspecified atom stereocenters. The number of halogens is 1. The van der Waals surface area contributed by atoms with Crippen LogP contribution in [0.2, 0.25) is 0 Å². The average Bonchev–Trinajstić information content (AvgIpc) is 2.79. The van der Waals surface area contributed by atoms with E-state index in [9.17, 15) is 9.59 Å². The highest BCUT2D eigenvalue weighted by Crippen LogP contribution is 2.36. The van der Waals surface area contributed by atoms with E-state index in [1.165, 1.54) is 18.7 Å². The Morgan fingerprint density at radius 3 is 2.58 bits per heavy atom. The number of alkyl halides is 1. The molecule has 0 fully saturated rings. The molecule has 5 heteroatoms. The van der Waals surface area contributed by atoms with Crippen LogP contribution in [-0.2, 0) is 20.9 Å². The van der Waals surface area contributed by atoms with Crippen LogP contribution in [0.4, 0.5) is 0 Å². The van der Waals surface area contributed by atoms with E-state index in [1.807, 2.05) is 30.3 Å². The standard InChI is InChI=1S/C14H13ClO3S/c1-9(16)13-11(15)7-12(19-13)14(17)18-8-10-5-3-2-4-6-10/h2-7,11,13H,8H2,1H3. The molecule has 0 bridgehead atoms. The van der Waals surface area contributed by atoms with Gasteiger partial charge in [-0.15, -0.1) is 23.4 Å². The zero-order chi connectivity index (χ0) is 13.8. The van der Waals surface area contributed by atoms with Gasteiger partial charge in [0.1, 0.15) is 12.4 Å². The molecule has 0 saturated carbocycles. The molecule has 2 atom stereocenters. The van der Waals surface area contributed by atoms with Gasteiger partial charge in [-0.1, -0.05) is 30.3 Å². The van der Waals surface area contributed by atoms with E-state index < -0.39 is 11.3 Å². The highest BCUT2D eigenvalue weighted by Gasteiger charge is 2.33. The molecule has 0 radical (unpaired) electrons. The SMILES string of the molecule is CC(=O)C1SC(C(=O)OCc2ccccc2)=CC1Cl. The van der Waals surface area contributed by atoms with Crippen LogP contribution in [0.5, 0.6) is 0 Å². The lowest BCUT2D eigenvalue weighted by Gasteiger charge is -2.08. The van der Waals surface area contributed by atoms with Crippen LogP contribution < -0.4 is 0 Å². The number of hydrogen-bond donors (Lipinski definition) is 0. The Labute approximate surface area is 121 Å². The smallest absolute Gasteiger partial charge is 0.344 e. The van der Waals surface area contributed by atoms with Crippen molar-refractivity contribution in [3.05, 3.63) is 46.9 Å². The maximum absolute atomic E-state index is 11.9. The third-order valence-electron chi connectivity index (χ3n) is 2.67. The molecule has 0 spiro atoms. The summed E-state index contributed by atoms with van der Waals surface area (Å²) in [5.41, 5.74) is 0.921. The number of carbonyl (C=O) groups is 2. The normalized spacial score (nSPS) is 21.9. The number of carbonyl (C=O) groups excluding carboxylic acids is 2. The van der Waals surface area contributed by atoms with E-state index in [0.29, 0.717) is 4.91 Å². The molecule has 1 aliphatic heterocycles. The van der Waals surface area contributed by atoms with Gasteiger partial charge in [0.2, 0.25) is 0 Å². The zero-order valence-electron chi connectivity index (χ0n) is 10.3. The number of Topliss-reactive ketones (excluding diaryl/α,β-unsaturated/α-hetero) is 1. The number of ether oxygens (including phenoxy) is 1. The Hall–Kier alpha value is -1.26. The summed E-state index contributed by atoms with van der Waals surface area (Å²) in [5.74, 6) is -0.463. The molecule has 0 aromatic heterocycles. The van der Waals surface area contributed by atoms with Gasteiger partial charge in [-0.05, 0) is 18.6 Å². The fraction of sp³-hybridized carbons (Fsp3) is 0.286. The lowest BCUT2D eigenvalue weighted by Crippen LogP contribution is -2.19. The van der Waals surface area contributed by atoms with Gasteiger partial charge in [0, 0.05) is 0 Å². The van der Waals surface area contributed by atoms with Crippen molar-refractivity contribution in [3.63, 3.8) is 0 Å². The molecule has 1 aromatic rings. The second-order valence-corrected chi connectivity index (χ2v) is 5.87. The number of thioether (sulfide) groups is 1. The van der Waals surface area contributed by atoms with Gasteiger partial charge < -0.3 is 4.74 Å². The highest BCUT2D eigenvalue weighted by atomic mass is 35.5. The Balaban J connectivity index is 1.91. The molecule has 2 rings (SSSR count). The Morgan fingerprint density at radius 2 is 2.00 bits per heavy atom. The Bertz CT molecular complexity index is 513. The predicted molar refractivity (Wildman–Crippen MR) is 76.0 cm³/mol. The number of allylic oxidation sites excluding steroid dienone is 1. The van der Waals surface area contributed by atoms with Crippen LogP contribution in [0, 0.1) is 0 Å². The molecule has 100 valence electrons. The lowest BCUT2D eigenvalue weighted by molar-refractivity contribution is -0.139. The summed E-state index contributed by atoms with van der Waals surface area (Å²) in [6, 6.07) is 9.43. The molecule has 1 heterocycles. The maximum atomic E-state index is 11.9. The minimum absolute atomic E-state index is 0.0351. The predicted octanol–water partition coefficient (Wildman–Crippen LogP) is 2.93. The summed E-state index contributed by atoms with van der Waals surface area (Å²) >= 11 is 7.18. The van der Waals surface area contributed by atoms with Crippen molar-refractivity contribution in [2.24, 2.45) is 0 Å². The van der Waals surface area contributed by atoms with Crippen molar-refractivity contribution in [1.29, 1.82) is 0 Å². The lowest BCUT2D eigenvalue weighted by atomic mass is 10.2. The molecule has 3 nitrogen and oxygen atoms in total. The van der Waals surface area contributed by atoms with Crippen LogP contribution >= 0.6 is 23.4 Å². The van der Waals surface area contributed by atoms with Gasteiger partial charge in [0.15, 0.2) is 0 Å². The summed E-state index contributed by atoms with van der Waals surface area (Å²) in [7, 11) is 0. The molecule has 1 aromatic carbocycles. The molecular weight excluding hydrogens is 284 g/mol. The fourth-order valence-electron chi connectivity index (χ4n) is 1.69. The van der Waals surface area contributed by atoms with E-state index in [1.54, 1.807) is 6.08 Å². The van der Waals surface area contributed by atoms with Gasteiger partial charge in [-0.2, -0.15) is 0 Å². The van der Waals surface area contributed by atoms with Crippen molar-refractivity contribution in [2.45, 2.75) is 24.2 Å². The van der Waals surface area contributed by atoms with Crippen molar-refractivity contribution < 1.29 is 14.3 Å². The summed E-state index contributed by atoms with van der Waals surface area (Å²) in [4.78, 5) is 23.6. The molecule has 1 aliphatic rings. The van der Waals surface area contributed by atoms with Crippen LogP contribution in [0.15, 0.2) is 41.3 Å². The second kappa shape index (κ2) is 6.26. The first-order valence-corrected chi connectivity index (χ1v) is 7.13. The molecule has 0 N–H and O–H groups in total. The summed E-state index contributed by atoms with van der Waals surface area (Å²) in [5, 5.41) is -0.831. The summed E-state index contributed by atoms with van der Waals surface area (Å²) in [6.07, 6.45) is 1.59. The molecule has 0 aliphatic carbocycles. The Morgan fingerprint density at radius 1 is 1.32 bits per heavy atom. The maximum Gasteiger partial charge on any atom is 0.344 e. The number of esters is 1. The largest absolute Gasteiger partial charge is 0.457 e. The average molecular weight is 297 g/mol. The van der Waals surface area contributed by atoms with Crippen LogP contribution in [-0.4, -0.2) is 22.4 Å². The number of rotatable bonds is 4. The fourth-order valence-corrected chi connectivity index (χ4v) is 3.25. The number of benzene rings is 1. The van der Waals surface area contributed by atoms with Crippen molar-refractivity contribution in [1.82, 2.24) is 0 Å². The van der Waals surface area contributed by atoms with E-state index in [-0.39, 0.29) is 17.6 Å². The third kappa shape index (κ3) is 3.61. The van der Waals surface area contributed by atoms with E-state index in [2.05, 4.69) is 0 Å². The van der Waals surface area contributed by atoms with Crippen LogP contribution in [0.25, 0.3) is 0 Å². The van der Waals surface area contributed by atoms with Crippen LogP contribution in [0.1, 0.15) is 12.5 Å². The van der Waals surface area contributed by atoms with Gasteiger partial charge in [0.25, 0.3) is 0 Å². The first kappa shape index (κ1) is 14.2. The highest BCUT2D eigenvalue weighted by molar-refractivity contribution is 8.05. The molecular formula is C14H13ClO3S. The van der Waals surface area contributed by atoms with Crippen molar-refractivity contribution in [3.8, 4) is 0 Å². The second-order valence-electron chi connectivity index (χ2n) is 4.19. The number of hydrogen-bond acceptors (Lipinski definition) is 4. The quantitative estimate of drug-likeness (QED) is 0.633. The summed E-state index contributed by atoms with van der Waals surface area (Å²) < 4.78 is 5.19. The molecule has 0 amide bonds. The number of ketones is 1. The minimum atomic E-state index is -0.443. The Kier molecular flexibility index (Phi) is 4.66. The van der Waals surface area contributed by atoms with Gasteiger partial charge in [-0.25, -0.2) is 4.79 Å². The minimum Gasteiger partial charge on any atom is -0.457 e. The van der Waals surface area contributed by atoms with Crippen molar-refractivity contribution >= 4 is 35.1 Å². The van der Waals surface area contributed by atoms with Gasteiger partial charge in [0.05, 0.1) is 15.5 Å². The molecule has 0 saturated heterocycles. The third-order valence-corrected chi connectivity index (χ3v) is 4.63. The van der Waals surface area contributed by atoms with E-state index >= 15 is 0 Å². The first-order valence-electron chi connectivity index (χ1n) is 5.82. The van der Waals surface area contributed by atoms with E-state index in [4.69, 9.17) is 16.3 Å². The van der Waals surface area contributed by atoms with Crippen LogP contribution in [0.3, 0.4) is 0 Å². The molecule has 19 heavy (non-hydrogen) atoms. The summed E-state index contributed by atoms with van der Waals surface area (Å²) in [6.45, 7) is 1.69. The van der Waals surface area contributed by atoms with Crippen molar-refractivity contribution in [2.75, 3.05) is 0 Å². The van der Waals surface area contributed by atoms with Gasteiger partial charge in [-0.3, -0.25) is 4.79 Å². The monoisotopic (exact) mass is 296 g/mol. The first-order chi connectivity index (χ1) is 9.08. The van der Waals surface area contributed by atoms with Gasteiger partial charge >= 0.3 is 5.97 Å².